The standard InChI is InChI=1S/C11H9Cl3N2O2S2/c12-8-2-10(14)11(3-9(8)13)16-20(17,18)7-1-6(4-15)19-5-7/h1-3,5,16H,4,15H2. The van der Waals surface area contributed by atoms with Crippen LogP contribution in [-0.4, -0.2) is 8.42 Å². The Bertz CT molecular complexity index is 744. The molecule has 3 N–H and O–H groups in total. The molecule has 1 aromatic carbocycles. The summed E-state index contributed by atoms with van der Waals surface area (Å²) in [6.45, 7) is 0.285. The van der Waals surface area contributed by atoms with Gasteiger partial charge in [0.15, 0.2) is 0 Å². The fraction of sp³-hybridized carbons (Fsp3) is 0.0909. The van der Waals surface area contributed by atoms with Crippen molar-refractivity contribution in [3.05, 3.63) is 43.5 Å². The molecular formula is C11H9Cl3N2O2S2. The lowest BCUT2D eigenvalue weighted by Crippen LogP contribution is -2.12. The van der Waals surface area contributed by atoms with Crippen LogP contribution >= 0.6 is 46.1 Å². The predicted molar refractivity (Wildman–Crippen MR) is 84.5 cm³/mol. The minimum absolute atomic E-state index is 0.130. The Balaban J connectivity index is 2.35. The highest BCUT2D eigenvalue weighted by Crippen LogP contribution is 2.33. The van der Waals surface area contributed by atoms with E-state index in [1.807, 2.05) is 0 Å². The van der Waals surface area contributed by atoms with Crippen molar-refractivity contribution in [3.8, 4) is 0 Å². The van der Waals surface area contributed by atoms with Gasteiger partial charge in [-0.1, -0.05) is 34.8 Å². The van der Waals surface area contributed by atoms with Crippen molar-refractivity contribution in [2.75, 3.05) is 4.72 Å². The fourth-order valence-electron chi connectivity index (χ4n) is 1.41. The number of halogens is 3. The number of nitrogens with one attached hydrogen (secondary N) is 1. The SMILES string of the molecule is NCc1cc(S(=O)(=O)Nc2cc(Cl)c(Cl)cc2Cl)cs1. The topological polar surface area (TPSA) is 72.2 Å². The van der Waals surface area contributed by atoms with Gasteiger partial charge < -0.3 is 5.73 Å². The Kier molecular flexibility index (Phi) is 4.84. The molecule has 108 valence electrons. The molecular weight excluding hydrogens is 363 g/mol. The summed E-state index contributed by atoms with van der Waals surface area (Å²) in [5.74, 6) is 0. The molecule has 2 rings (SSSR count). The quantitative estimate of drug-likeness (QED) is 0.799. The highest BCUT2D eigenvalue weighted by molar-refractivity contribution is 7.92. The van der Waals surface area contributed by atoms with Crippen LogP contribution in [0.1, 0.15) is 4.88 Å². The smallest absolute Gasteiger partial charge is 0.262 e. The molecule has 0 bridgehead atoms. The molecule has 0 aliphatic rings. The summed E-state index contributed by atoms with van der Waals surface area (Å²) in [4.78, 5) is 0.899. The van der Waals surface area contributed by atoms with Gasteiger partial charge in [0, 0.05) is 16.8 Å². The van der Waals surface area contributed by atoms with Gasteiger partial charge in [-0.15, -0.1) is 11.3 Å². The summed E-state index contributed by atoms with van der Waals surface area (Å²) in [5.41, 5.74) is 5.63. The monoisotopic (exact) mass is 370 g/mol. The van der Waals surface area contributed by atoms with Crippen LogP contribution in [0.2, 0.25) is 15.1 Å². The van der Waals surface area contributed by atoms with E-state index in [2.05, 4.69) is 4.72 Å². The Hall–Kier alpha value is -0.500. The minimum atomic E-state index is -3.74. The van der Waals surface area contributed by atoms with Crippen molar-refractivity contribution in [2.45, 2.75) is 11.4 Å². The maximum atomic E-state index is 12.2. The Morgan fingerprint density at radius 1 is 1.10 bits per heavy atom. The molecule has 0 amide bonds. The van der Waals surface area contributed by atoms with Crippen LogP contribution in [0.4, 0.5) is 5.69 Å². The van der Waals surface area contributed by atoms with E-state index in [9.17, 15) is 8.42 Å². The van der Waals surface area contributed by atoms with Crippen LogP contribution in [0.25, 0.3) is 0 Å². The molecule has 20 heavy (non-hydrogen) atoms. The van der Waals surface area contributed by atoms with Crippen LogP contribution in [0, 0.1) is 0 Å². The molecule has 0 aliphatic carbocycles. The molecule has 9 heteroatoms. The number of benzene rings is 1. The first-order valence-electron chi connectivity index (χ1n) is 5.28. The van der Waals surface area contributed by atoms with E-state index in [1.165, 1.54) is 34.9 Å². The highest BCUT2D eigenvalue weighted by Gasteiger charge is 2.18. The van der Waals surface area contributed by atoms with Crippen LogP contribution < -0.4 is 10.5 Å². The van der Waals surface area contributed by atoms with E-state index < -0.39 is 10.0 Å². The lowest BCUT2D eigenvalue weighted by molar-refractivity contribution is 0.601. The third kappa shape index (κ3) is 3.39. The van der Waals surface area contributed by atoms with Crippen molar-refractivity contribution in [1.82, 2.24) is 0 Å². The molecule has 0 atom stereocenters. The molecule has 0 saturated carbocycles. The van der Waals surface area contributed by atoms with Crippen LogP contribution in [0.5, 0.6) is 0 Å². The third-order valence-corrected chi connectivity index (χ3v) is 5.88. The van der Waals surface area contributed by atoms with Gasteiger partial charge >= 0.3 is 0 Å². The minimum Gasteiger partial charge on any atom is -0.326 e. The van der Waals surface area contributed by atoms with Crippen LogP contribution in [0.15, 0.2) is 28.5 Å². The molecule has 0 aliphatic heterocycles. The first-order valence-corrected chi connectivity index (χ1v) is 8.78. The third-order valence-electron chi connectivity index (χ3n) is 2.40. The molecule has 1 aromatic heterocycles. The van der Waals surface area contributed by atoms with Gasteiger partial charge in [0.2, 0.25) is 0 Å². The Morgan fingerprint density at radius 2 is 1.75 bits per heavy atom. The molecule has 0 radical (unpaired) electrons. The van der Waals surface area contributed by atoms with Crippen molar-refractivity contribution < 1.29 is 8.42 Å². The van der Waals surface area contributed by atoms with E-state index in [0.717, 1.165) is 4.88 Å². The largest absolute Gasteiger partial charge is 0.326 e. The van der Waals surface area contributed by atoms with Gasteiger partial charge in [0.1, 0.15) is 0 Å². The van der Waals surface area contributed by atoms with Gasteiger partial charge in [-0.25, -0.2) is 8.42 Å². The summed E-state index contributed by atoms with van der Waals surface area (Å²) in [5, 5.41) is 2.13. The molecule has 0 saturated heterocycles. The van der Waals surface area contributed by atoms with Crippen molar-refractivity contribution in [1.29, 1.82) is 0 Å². The van der Waals surface area contributed by atoms with Gasteiger partial charge in [0.05, 0.1) is 25.7 Å². The van der Waals surface area contributed by atoms with E-state index in [1.54, 1.807) is 0 Å². The van der Waals surface area contributed by atoms with E-state index in [-0.39, 0.29) is 32.2 Å². The highest BCUT2D eigenvalue weighted by atomic mass is 35.5. The Morgan fingerprint density at radius 3 is 2.35 bits per heavy atom. The zero-order valence-electron chi connectivity index (χ0n) is 9.86. The number of anilines is 1. The summed E-state index contributed by atoms with van der Waals surface area (Å²) in [6.07, 6.45) is 0. The average molecular weight is 372 g/mol. The first-order chi connectivity index (χ1) is 9.33. The lowest BCUT2D eigenvalue weighted by Gasteiger charge is -2.09. The maximum absolute atomic E-state index is 12.2. The van der Waals surface area contributed by atoms with E-state index in [4.69, 9.17) is 40.5 Å². The molecule has 4 nitrogen and oxygen atoms in total. The normalized spacial score (nSPS) is 11.6. The maximum Gasteiger partial charge on any atom is 0.262 e. The zero-order valence-corrected chi connectivity index (χ0v) is 13.8. The number of hydrogen-bond acceptors (Lipinski definition) is 4. The molecule has 2 aromatic rings. The zero-order chi connectivity index (χ0) is 14.9. The summed E-state index contributed by atoms with van der Waals surface area (Å²) in [7, 11) is -3.74. The first kappa shape index (κ1) is 15.9. The summed E-state index contributed by atoms with van der Waals surface area (Å²) < 4.78 is 26.8. The predicted octanol–water partition coefficient (Wildman–Crippen LogP) is 3.97. The van der Waals surface area contributed by atoms with E-state index in [0.29, 0.717) is 0 Å². The van der Waals surface area contributed by atoms with Crippen molar-refractivity contribution in [3.63, 3.8) is 0 Å². The number of hydrogen-bond donors (Lipinski definition) is 2. The van der Waals surface area contributed by atoms with Crippen molar-refractivity contribution >= 4 is 61.9 Å². The van der Waals surface area contributed by atoms with Gasteiger partial charge in [-0.05, 0) is 18.2 Å². The number of nitrogens with two attached hydrogens (primary N) is 1. The second-order valence-electron chi connectivity index (χ2n) is 3.80. The van der Waals surface area contributed by atoms with Gasteiger partial charge in [-0.2, -0.15) is 0 Å². The second kappa shape index (κ2) is 6.09. The molecule has 0 unspecified atom stereocenters. The molecule has 1 heterocycles. The second-order valence-corrected chi connectivity index (χ2v) is 7.70. The molecule has 0 fully saturated rings. The fourth-order valence-corrected chi connectivity index (χ4v) is 4.29. The van der Waals surface area contributed by atoms with E-state index >= 15 is 0 Å². The van der Waals surface area contributed by atoms with Crippen LogP contribution in [0.3, 0.4) is 0 Å². The summed E-state index contributed by atoms with van der Waals surface area (Å²) >= 11 is 18.9. The summed E-state index contributed by atoms with van der Waals surface area (Å²) in [6, 6.07) is 4.25. The molecule has 0 spiro atoms. The number of sulfonamides is 1. The van der Waals surface area contributed by atoms with Crippen molar-refractivity contribution in [2.24, 2.45) is 5.73 Å². The number of thiophene rings is 1. The Labute approximate surface area is 135 Å². The number of rotatable bonds is 4. The van der Waals surface area contributed by atoms with Gasteiger partial charge in [0.25, 0.3) is 10.0 Å². The van der Waals surface area contributed by atoms with Gasteiger partial charge in [-0.3, -0.25) is 4.72 Å². The lowest BCUT2D eigenvalue weighted by atomic mass is 10.3. The van der Waals surface area contributed by atoms with Crippen LogP contribution in [-0.2, 0) is 16.6 Å². The average Bonchev–Trinajstić information content (AvgIpc) is 2.85.